The third-order valence-corrected chi connectivity index (χ3v) is 4.06. The summed E-state index contributed by atoms with van der Waals surface area (Å²) in [5.41, 5.74) is 3.39. The first-order valence-electron chi connectivity index (χ1n) is 5.45. The molecule has 0 saturated carbocycles. The predicted molar refractivity (Wildman–Crippen MR) is 82.9 cm³/mol. The molecule has 0 aliphatic heterocycles. The van der Waals surface area contributed by atoms with Gasteiger partial charge in [-0.2, -0.15) is 5.10 Å². The first kappa shape index (κ1) is 14.2. The largest absolute Gasteiger partial charge is 0.273 e. The average molecular weight is 358 g/mol. The van der Waals surface area contributed by atoms with Gasteiger partial charge >= 0.3 is 0 Å². The van der Waals surface area contributed by atoms with Crippen LogP contribution >= 0.6 is 38.9 Å². The molecule has 6 heteroatoms. The molecule has 0 atom stereocenters. The molecule has 0 bridgehead atoms. The number of hydrazone groups is 1. The van der Waals surface area contributed by atoms with E-state index in [1.807, 2.05) is 24.3 Å². The minimum atomic E-state index is -0.158. The van der Waals surface area contributed by atoms with Gasteiger partial charge in [0.1, 0.15) is 0 Å². The number of hydrogen-bond donors (Lipinski definition) is 1. The zero-order chi connectivity index (χ0) is 13.7. The van der Waals surface area contributed by atoms with Gasteiger partial charge in [0.05, 0.1) is 16.4 Å². The van der Waals surface area contributed by atoms with Gasteiger partial charge in [-0.05, 0) is 45.8 Å². The summed E-state index contributed by atoms with van der Waals surface area (Å²) in [6.45, 7) is 0. The van der Waals surface area contributed by atoms with Crippen LogP contribution in [0.1, 0.15) is 10.4 Å². The molecule has 3 nitrogen and oxygen atoms in total. The Bertz CT molecular complexity index is 595. The molecule has 0 saturated heterocycles. The van der Waals surface area contributed by atoms with Crippen LogP contribution in [0.5, 0.6) is 0 Å². The summed E-state index contributed by atoms with van der Waals surface area (Å²) in [5.74, 6) is -0.158. The summed E-state index contributed by atoms with van der Waals surface area (Å²) in [6.07, 6.45) is 1.90. The Morgan fingerprint density at radius 3 is 2.68 bits per heavy atom. The third-order valence-electron chi connectivity index (χ3n) is 2.25. The number of thiophene rings is 1. The maximum atomic E-state index is 11.6. The highest BCUT2D eigenvalue weighted by Gasteiger charge is 2.01. The topological polar surface area (TPSA) is 41.5 Å². The Morgan fingerprint density at radius 1 is 1.32 bits per heavy atom. The van der Waals surface area contributed by atoms with E-state index in [2.05, 4.69) is 26.5 Å². The lowest BCUT2D eigenvalue weighted by molar-refractivity contribution is -0.120. The van der Waals surface area contributed by atoms with Crippen LogP contribution in [0.4, 0.5) is 0 Å². The van der Waals surface area contributed by atoms with Crippen molar-refractivity contribution in [2.75, 3.05) is 0 Å². The number of benzene rings is 1. The van der Waals surface area contributed by atoms with Crippen molar-refractivity contribution in [3.63, 3.8) is 0 Å². The van der Waals surface area contributed by atoms with E-state index < -0.39 is 0 Å². The lowest BCUT2D eigenvalue weighted by atomic mass is 10.1. The smallest absolute Gasteiger partial charge is 0.244 e. The van der Waals surface area contributed by atoms with Crippen molar-refractivity contribution < 1.29 is 4.79 Å². The SMILES string of the molecule is O=C(Cc1ccc(Cl)cc1)N/N=C\c1ccc(Br)s1. The molecule has 0 fully saturated rings. The number of nitrogens with one attached hydrogen (secondary N) is 1. The molecule has 19 heavy (non-hydrogen) atoms. The Kier molecular flexibility index (Phi) is 5.13. The highest BCUT2D eigenvalue weighted by molar-refractivity contribution is 9.11. The second-order valence-electron chi connectivity index (χ2n) is 3.74. The van der Waals surface area contributed by atoms with Crippen LogP contribution in [0.3, 0.4) is 0 Å². The van der Waals surface area contributed by atoms with Crippen LogP contribution in [0.15, 0.2) is 45.3 Å². The van der Waals surface area contributed by atoms with E-state index in [1.165, 1.54) is 0 Å². The van der Waals surface area contributed by atoms with Gasteiger partial charge in [0.25, 0.3) is 0 Å². The molecule has 2 aromatic rings. The molecule has 0 aliphatic carbocycles. The van der Waals surface area contributed by atoms with Crippen LogP contribution in [-0.4, -0.2) is 12.1 Å². The average Bonchev–Trinajstić information content (AvgIpc) is 2.78. The van der Waals surface area contributed by atoms with E-state index >= 15 is 0 Å². The zero-order valence-electron chi connectivity index (χ0n) is 9.77. The van der Waals surface area contributed by atoms with Crippen molar-refractivity contribution in [3.05, 3.63) is 55.6 Å². The molecular formula is C13H10BrClN2OS. The van der Waals surface area contributed by atoms with E-state index in [1.54, 1.807) is 29.7 Å². The maximum Gasteiger partial charge on any atom is 0.244 e. The lowest BCUT2D eigenvalue weighted by Gasteiger charge is -2.00. The van der Waals surface area contributed by atoms with Crippen molar-refractivity contribution in [1.82, 2.24) is 5.43 Å². The van der Waals surface area contributed by atoms with Crippen molar-refractivity contribution >= 4 is 51.0 Å². The number of carbonyl (C=O) groups is 1. The lowest BCUT2D eigenvalue weighted by Crippen LogP contribution is -2.19. The highest BCUT2D eigenvalue weighted by Crippen LogP contribution is 2.20. The molecule has 1 amide bonds. The Hall–Kier alpha value is -1.17. The van der Waals surface area contributed by atoms with E-state index in [0.29, 0.717) is 5.02 Å². The van der Waals surface area contributed by atoms with Gasteiger partial charge in [-0.3, -0.25) is 4.79 Å². The second kappa shape index (κ2) is 6.84. The summed E-state index contributed by atoms with van der Waals surface area (Å²) >= 11 is 10.7. The normalized spacial score (nSPS) is 10.8. The molecular weight excluding hydrogens is 348 g/mol. The fourth-order valence-electron chi connectivity index (χ4n) is 1.39. The Morgan fingerprint density at radius 2 is 2.05 bits per heavy atom. The molecule has 0 radical (unpaired) electrons. The monoisotopic (exact) mass is 356 g/mol. The summed E-state index contributed by atoms with van der Waals surface area (Å²) in [6, 6.07) is 11.0. The van der Waals surface area contributed by atoms with E-state index in [0.717, 1.165) is 14.2 Å². The molecule has 98 valence electrons. The molecule has 1 aromatic carbocycles. The standard InChI is InChI=1S/C13H10BrClN2OS/c14-12-6-5-11(19-12)8-16-17-13(18)7-9-1-3-10(15)4-2-9/h1-6,8H,7H2,(H,17,18)/b16-8-. The fourth-order valence-corrected chi connectivity index (χ4v) is 2.81. The van der Waals surface area contributed by atoms with Gasteiger partial charge < -0.3 is 0 Å². The van der Waals surface area contributed by atoms with Gasteiger partial charge in [0, 0.05) is 9.90 Å². The zero-order valence-corrected chi connectivity index (χ0v) is 12.9. The van der Waals surface area contributed by atoms with Gasteiger partial charge in [-0.1, -0.05) is 23.7 Å². The van der Waals surface area contributed by atoms with Crippen molar-refractivity contribution in [2.45, 2.75) is 6.42 Å². The van der Waals surface area contributed by atoms with Gasteiger partial charge in [0.15, 0.2) is 0 Å². The van der Waals surface area contributed by atoms with E-state index in [-0.39, 0.29) is 12.3 Å². The Labute approximate surface area is 128 Å². The Balaban J connectivity index is 1.84. The van der Waals surface area contributed by atoms with Crippen molar-refractivity contribution in [3.8, 4) is 0 Å². The molecule has 0 aliphatic rings. The van der Waals surface area contributed by atoms with Gasteiger partial charge in [-0.25, -0.2) is 5.43 Å². The van der Waals surface area contributed by atoms with Gasteiger partial charge in [-0.15, -0.1) is 11.3 Å². The summed E-state index contributed by atoms with van der Waals surface area (Å²) in [7, 11) is 0. The van der Waals surface area contributed by atoms with Crippen LogP contribution < -0.4 is 5.43 Å². The minimum absolute atomic E-state index is 0.158. The van der Waals surface area contributed by atoms with Crippen LogP contribution in [0, 0.1) is 0 Å². The molecule has 0 unspecified atom stereocenters. The second-order valence-corrected chi connectivity index (χ2v) is 6.67. The van der Waals surface area contributed by atoms with Crippen LogP contribution in [-0.2, 0) is 11.2 Å². The minimum Gasteiger partial charge on any atom is -0.273 e. The quantitative estimate of drug-likeness (QED) is 0.655. The first-order chi connectivity index (χ1) is 9.13. The molecule has 1 N–H and O–H groups in total. The third kappa shape index (κ3) is 4.78. The number of rotatable bonds is 4. The summed E-state index contributed by atoms with van der Waals surface area (Å²) in [5, 5.41) is 4.57. The summed E-state index contributed by atoms with van der Waals surface area (Å²) < 4.78 is 1.03. The number of carbonyl (C=O) groups excluding carboxylic acids is 1. The van der Waals surface area contributed by atoms with Crippen LogP contribution in [0.2, 0.25) is 5.02 Å². The number of halogens is 2. The summed E-state index contributed by atoms with van der Waals surface area (Å²) in [4.78, 5) is 12.6. The van der Waals surface area contributed by atoms with E-state index in [4.69, 9.17) is 11.6 Å². The first-order valence-corrected chi connectivity index (χ1v) is 7.44. The fraction of sp³-hybridized carbons (Fsp3) is 0.0769. The molecule has 1 aromatic heterocycles. The van der Waals surface area contributed by atoms with Crippen molar-refractivity contribution in [1.29, 1.82) is 0 Å². The number of amides is 1. The molecule has 1 heterocycles. The molecule has 0 spiro atoms. The number of nitrogens with zero attached hydrogens (tertiary/aromatic N) is 1. The number of hydrogen-bond acceptors (Lipinski definition) is 3. The predicted octanol–water partition coefficient (Wildman–Crippen LogP) is 3.86. The van der Waals surface area contributed by atoms with E-state index in [9.17, 15) is 4.79 Å². The van der Waals surface area contributed by atoms with Crippen molar-refractivity contribution in [2.24, 2.45) is 5.10 Å². The highest BCUT2D eigenvalue weighted by atomic mass is 79.9. The van der Waals surface area contributed by atoms with Crippen LogP contribution in [0.25, 0.3) is 0 Å². The van der Waals surface area contributed by atoms with Gasteiger partial charge in [0.2, 0.25) is 5.91 Å². The molecule has 2 rings (SSSR count). The maximum absolute atomic E-state index is 11.6.